The second-order valence-electron chi connectivity index (χ2n) is 13.0. The van der Waals surface area contributed by atoms with E-state index in [2.05, 4.69) is 27.8 Å². The quantitative estimate of drug-likeness (QED) is 0.254. The molecule has 41 heavy (non-hydrogen) atoms. The normalized spacial score (nSPS) is 43.8. The number of Topliss-reactive ketones (excluding diaryl/α,β-unsaturated/α-hetero) is 2. The van der Waals surface area contributed by atoms with Gasteiger partial charge in [0.1, 0.15) is 0 Å². The maximum Gasteiger partial charge on any atom is 0.331 e. The summed E-state index contributed by atoms with van der Waals surface area (Å²) in [5.74, 6) is -2.95. The van der Waals surface area contributed by atoms with E-state index in [9.17, 15) is 19.5 Å². The second kappa shape index (κ2) is 13.6. The number of halogens is 1. The van der Waals surface area contributed by atoms with Crippen LogP contribution in [0.25, 0.3) is 0 Å². The molecule has 1 saturated heterocycles. The van der Waals surface area contributed by atoms with Gasteiger partial charge in [-0.1, -0.05) is 43.6 Å². The lowest BCUT2D eigenvalue weighted by Gasteiger charge is -2.47. The highest BCUT2D eigenvalue weighted by Gasteiger charge is 2.53. The Labute approximate surface area is 254 Å². The Balaban J connectivity index is 2.69. The molecule has 0 radical (unpaired) electrons. The number of ether oxygens (including phenoxy) is 4. The Kier molecular flexibility index (Phi) is 12.0. The first-order chi connectivity index (χ1) is 18.7. The molecule has 0 aromatic carbocycles. The Bertz CT molecular complexity index is 999. The number of aliphatic hydroxyl groups excluding tert-OH is 1. The predicted octanol–water partition coefficient (Wildman–Crippen LogP) is 4.46. The number of carbonyl (C=O) groups is 3. The maximum absolute atomic E-state index is 14.1. The van der Waals surface area contributed by atoms with Crippen molar-refractivity contribution in [1.29, 1.82) is 0 Å². The molecule has 9 nitrogen and oxygen atoms in total. The molecule has 2 aliphatic rings. The molecule has 2 rings (SSSR count). The topological polar surface area (TPSA) is 112 Å². The smallest absolute Gasteiger partial charge is 0.331 e. The molecule has 0 aromatic heterocycles. The van der Waals surface area contributed by atoms with E-state index in [1.54, 1.807) is 34.6 Å². The molecule has 1 N–H and O–H groups in total. The van der Waals surface area contributed by atoms with Gasteiger partial charge in [0.2, 0.25) is 0 Å². The van der Waals surface area contributed by atoms with Gasteiger partial charge < -0.3 is 29.0 Å². The van der Waals surface area contributed by atoms with Crippen LogP contribution in [-0.4, -0.2) is 94.9 Å². The fourth-order valence-electron chi connectivity index (χ4n) is 6.38. The molecule has 2 unspecified atom stereocenters. The van der Waals surface area contributed by atoms with Crippen molar-refractivity contribution in [2.45, 2.75) is 128 Å². The lowest BCUT2D eigenvalue weighted by Crippen LogP contribution is -2.58. The minimum atomic E-state index is -1.76. The Morgan fingerprint density at radius 2 is 1.73 bits per heavy atom. The molecule has 2 heterocycles. The van der Waals surface area contributed by atoms with Crippen LogP contribution in [0, 0.1) is 17.8 Å². The Hall–Kier alpha value is -1.17. The molecule has 0 spiro atoms. The van der Waals surface area contributed by atoms with Gasteiger partial charge in [-0.25, -0.2) is 0 Å². The third-order valence-corrected chi connectivity index (χ3v) is 9.83. The van der Waals surface area contributed by atoms with Gasteiger partial charge in [-0.05, 0) is 79.6 Å². The number of aliphatic hydroxyl groups is 1. The van der Waals surface area contributed by atoms with E-state index >= 15 is 0 Å². The molecule has 0 aliphatic carbocycles. The summed E-state index contributed by atoms with van der Waals surface area (Å²) in [5.41, 5.74) is -2.28. The number of hydrogen-bond acceptors (Lipinski definition) is 9. The number of hydrogen-bond donors (Lipinski definition) is 1. The van der Waals surface area contributed by atoms with Crippen LogP contribution in [0.5, 0.6) is 0 Å². The van der Waals surface area contributed by atoms with E-state index in [-0.39, 0.29) is 36.7 Å². The third kappa shape index (κ3) is 7.68. The summed E-state index contributed by atoms with van der Waals surface area (Å²) in [6.45, 7) is 15.8. The standard InChI is InChI=1S/C31H52BrNO8/c1-13-23(34)29(7)15-17(2)24(35)18(3)16-30(8,38-12)26(21(6)25(36)31(9,32)28(37)41-29)40-27-20(5)22(33(10)11)14-19(4)39-27/h15,18-23,26-27,34H,13-14,16H2,1-12H3/b17-15+/t18-,19-,20-,21+,22+,23?,26-,27?,29-,30+,31+/m1/s1. The van der Waals surface area contributed by atoms with Gasteiger partial charge in [-0.3, -0.25) is 14.4 Å². The third-order valence-electron chi connectivity index (χ3n) is 9.11. The fraction of sp³-hybridized carbons (Fsp3) is 0.839. The van der Waals surface area contributed by atoms with Crippen molar-refractivity contribution in [2.24, 2.45) is 17.8 Å². The van der Waals surface area contributed by atoms with E-state index < -0.39 is 57.6 Å². The van der Waals surface area contributed by atoms with Gasteiger partial charge >= 0.3 is 5.97 Å². The largest absolute Gasteiger partial charge is 0.451 e. The van der Waals surface area contributed by atoms with Crippen LogP contribution in [0.4, 0.5) is 0 Å². The number of nitrogens with zero attached hydrogens (tertiary/aromatic N) is 1. The molecule has 1 fully saturated rings. The lowest BCUT2D eigenvalue weighted by atomic mass is 9.77. The number of ketones is 2. The average Bonchev–Trinajstić information content (AvgIpc) is 2.90. The highest BCUT2D eigenvalue weighted by Crippen LogP contribution is 2.40. The molecule has 0 bridgehead atoms. The van der Waals surface area contributed by atoms with E-state index in [0.29, 0.717) is 5.57 Å². The number of esters is 1. The van der Waals surface area contributed by atoms with Crippen LogP contribution in [0.15, 0.2) is 11.6 Å². The summed E-state index contributed by atoms with van der Waals surface area (Å²) in [7, 11) is 5.59. The Morgan fingerprint density at radius 3 is 2.24 bits per heavy atom. The minimum Gasteiger partial charge on any atom is -0.451 e. The van der Waals surface area contributed by atoms with Crippen molar-refractivity contribution in [3.8, 4) is 0 Å². The first-order valence-corrected chi connectivity index (χ1v) is 15.5. The number of cyclic esters (lactones) is 1. The molecule has 10 heteroatoms. The van der Waals surface area contributed by atoms with Crippen LogP contribution in [-0.2, 0) is 33.3 Å². The highest BCUT2D eigenvalue weighted by atomic mass is 79.9. The van der Waals surface area contributed by atoms with Crippen LogP contribution < -0.4 is 0 Å². The zero-order valence-electron chi connectivity index (χ0n) is 26.9. The van der Waals surface area contributed by atoms with Crippen LogP contribution >= 0.6 is 15.9 Å². The molecule has 0 amide bonds. The summed E-state index contributed by atoms with van der Waals surface area (Å²) in [6.07, 6.45) is 0.131. The highest BCUT2D eigenvalue weighted by molar-refractivity contribution is 9.10. The average molecular weight is 647 g/mol. The number of allylic oxidation sites excluding steroid dienone is 1. The Morgan fingerprint density at radius 1 is 1.15 bits per heavy atom. The zero-order valence-corrected chi connectivity index (χ0v) is 28.5. The first kappa shape index (κ1) is 36.0. The van der Waals surface area contributed by atoms with Crippen molar-refractivity contribution in [3.63, 3.8) is 0 Å². The summed E-state index contributed by atoms with van der Waals surface area (Å²) in [4.78, 5) is 43.5. The van der Waals surface area contributed by atoms with Crippen LogP contribution in [0.1, 0.15) is 81.6 Å². The first-order valence-electron chi connectivity index (χ1n) is 14.7. The number of alkyl halides is 1. The van der Waals surface area contributed by atoms with Gasteiger partial charge in [0.25, 0.3) is 0 Å². The van der Waals surface area contributed by atoms with Crippen molar-refractivity contribution >= 4 is 33.5 Å². The van der Waals surface area contributed by atoms with Crippen molar-refractivity contribution in [1.82, 2.24) is 4.90 Å². The van der Waals surface area contributed by atoms with Crippen molar-refractivity contribution in [2.75, 3.05) is 21.2 Å². The molecule has 0 saturated carbocycles. The number of carbonyl (C=O) groups excluding carboxylic acids is 3. The molecule has 11 atom stereocenters. The summed E-state index contributed by atoms with van der Waals surface area (Å²) >= 11 is 3.37. The van der Waals surface area contributed by atoms with E-state index in [1.165, 1.54) is 20.1 Å². The summed E-state index contributed by atoms with van der Waals surface area (Å²) < 4.78 is 23.2. The van der Waals surface area contributed by atoms with Gasteiger partial charge in [-0.2, -0.15) is 0 Å². The van der Waals surface area contributed by atoms with Crippen LogP contribution in [0.3, 0.4) is 0 Å². The second-order valence-corrected chi connectivity index (χ2v) is 14.6. The molecular weight excluding hydrogens is 594 g/mol. The van der Waals surface area contributed by atoms with Crippen molar-refractivity contribution < 1.29 is 38.4 Å². The SMILES string of the molecule is CCC(O)[C@@]1(C)/C=C(\C)C(=O)[C@H](C)C[C@](C)(OC)[C@H](OC2O[C@H](C)C[C@H](N(C)C)[C@H]2C)[C@@H](C)C(=O)[C@](C)(Br)C(=O)O1. The summed E-state index contributed by atoms with van der Waals surface area (Å²) in [5, 5.41) is 10.8. The van der Waals surface area contributed by atoms with Gasteiger partial charge in [0.05, 0.1) is 23.9 Å². The van der Waals surface area contributed by atoms with Gasteiger partial charge in [-0.15, -0.1) is 0 Å². The van der Waals surface area contributed by atoms with Gasteiger partial charge in [0, 0.05) is 30.9 Å². The molecule has 0 aromatic rings. The van der Waals surface area contributed by atoms with Gasteiger partial charge in [0.15, 0.2) is 27.8 Å². The van der Waals surface area contributed by atoms with E-state index in [0.717, 1.165) is 6.42 Å². The van der Waals surface area contributed by atoms with E-state index in [1.807, 2.05) is 27.9 Å². The minimum absolute atomic E-state index is 0.0324. The monoisotopic (exact) mass is 645 g/mol. The fourth-order valence-corrected chi connectivity index (χ4v) is 6.82. The number of rotatable bonds is 6. The lowest BCUT2D eigenvalue weighted by molar-refractivity contribution is -0.280. The summed E-state index contributed by atoms with van der Waals surface area (Å²) in [6, 6.07) is 0.186. The molecule has 2 aliphatic heterocycles. The zero-order chi connectivity index (χ0) is 31.7. The van der Waals surface area contributed by atoms with Crippen molar-refractivity contribution in [3.05, 3.63) is 11.6 Å². The van der Waals surface area contributed by atoms with E-state index in [4.69, 9.17) is 18.9 Å². The van der Waals surface area contributed by atoms with Crippen LogP contribution in [0.2, 0.25) is 0 Å². The maximum atomic E-state index is 14.1. The predicted molar refractivity (Wildman–Crippen MR) is 161 cm³/mol. The number of methoxy groups -OCH3 is 1. The molecular formula is C31H52BrNO8. The molecule has 236 valence electrons.